The SMILES string of the molecule is CC(=O)c1c([C@@H]2CC3CC[C@@H](C2)N3)nc2c(-c3cnc(C(C)(C)O)c(F)c3)cnn2c1N. The second kappa shape index (κ2) is 7.31. The molecule has 32 heavy (non-hydrogen) atoms. The van der Waals surface area contributed by atoms with E-state index in [-0.39, 0.29) is 23.2 Å². The standard InChI is InChI=1S/C23H27FN6O2/c1-11(31)18-19(12-6-14-4-5-15(7-12)28-14)29-22-16(10-27-30(22)21(18)25)13-8-17(24)20(26-9-13)23(2,3)32/h8-10,12,14-15,28,32H,4-7,25H2,1-3H3/t12-,14-,15?/m0/s1. The number of nitrogens with one attached hydrogen (secondary N) is 1. The van der Waals surface area contributed by atoms with Crippen molar-refractivity contribution in [2.24, 2.45) is 0 Å². The Balaban J connectivity index is 1.66. The molecule has 3 aromatic rings. The van der Waals surface area contributed by atoms with Crippen molar-refractivity contribution in [1.29, 1.82) is 0 Å². The number of aromatic nitrogens is 4. The number of nitrogen functional groups attached to an aromatic ring is 1. The van der Waals surface area contributed by atoms with Crippen molar-refractivity contribution in [1.82, 2.24) is 24.9 Å². The molecule has 2 fully saturated rings. The minimum atomic E-state index is -1.40. The summed E-state index contributed by atoms with van der Waals surface area (Å²) in [5.41, 5.74) is 7.61. The second-order valence-electron chi connectivity index (χ2n) is 9.53. The number of pyridine rings is 1. The van der Waals surface area contributed by atoms with E-state index in [0.29, 0.717) is 40.1 Å². The summed E-state index contributed by atoms with van der Waals surface area (Å²) < 4.78 is 16.1. The van der Waals surface area contributed by atoms with E-state index in [1.54, 1.807) is 6.20 Å². The highest BCUT2D eigenvalue weighted by atomic mass is 19.1. The van der Waals surface area contributed by atoms with Crippen LogP contribution in [-0.2, 0) is 5.60 Å². The van der Waals surface area contributed by atoms with Crippen LogP contribution in [0.1, 0.15) is 74.1 Å². The van der Waals surface area contributed by atoms with Gasteiger partial charge in [0.2, 0.25) is 0 Å². The number of aliphatic hydroxyl groups is 1. The Kier molecular flexibility index (Phi) is 4.79. The maximum absolute atomic E-state index is 14.7. The van der Waals surface area contributed by atoms with Gasteiger partial charge >= 0.3 is 0 Å². The molecule has 3 aromatic heterocycles. The van der Waals surface area contributed by atoms with Gasteiger partial charge in [-0.15, -0.1) is 0 Å². The Morgan fingerprint density at radius 3 is 2.56 bits per heavy atom. The van der Waals surface area contributed by atoms with Crippen LogP contribution in [0.4, 0.5) is 10.2 Å². The third-order valence-corrected chi connectivity index (χ3v) is 6.65. The van der Waals surface area contributed by atoms with Crippen LogP contribution in [0.15, 0.2) is 18.5 Å². The molecule has 0 saturated carbocycles. The number of rotatable bonds is 4. The van der Waals surface area contributed by atoms with Crippen molar-refractivity contribution in [3.63, 3.8) is 0 Å². The maximum atomic E-state index is 14.7. The average Bonchev–Trinajstić information content (AvgIpc) is 3.29. The molecule has 2 bridgehead atoms. The zero-order chi connectivity index (χ0) is 22.8. The van der Waals surface area contributed by atoms with E-state index in [0.717, 1.165) is 25.7 Å². The van der Waals surface area contributed by atoms with E-state index in [2.05, 4.69) is 15.4 Å². The van der Waals surface area contributed by atoms with E-state index in [1.165, 1.54) is 37.5 Å². The summed E-state index contributed by atoms with van der Waals surface area (Å²) in [4.78, 5) is 21.6. The van der Waals surface area contributed by atoms with Gasteiger partial charge in [-0.05, 0) is 52.5 Å². The molecule has 9 heteroatoms. The van der Waals surface area contributed by atoms with Crippen LogP contribution in [0.3, 0.4) is 0 Å². The highest BCUT2D eigenvalue weighted by Crippen LogP contribution is 2.40. The molecule has 2 saturated heterocycles. The second-order valence-corrected chi connectivity index (χ2v) is 9.53. The first-order chi connectivity index (χ1) is 15.1. The predicted molar refractivity (Wildman–Crippen MR) is 118 cm³/mol. The molecule has 1 unspecified atom stereocenters. The summed E-state index contributed by atoms with van der Waals surface area (Å²) in [6.07, 6.45) is 7.11. The molecule has 5 rings (SSSR count). The van der Waals surface area contributed by atoms with Crippen LogP contribution >= 0.6 is 0 Å². The lowest BCUT2D eigenvalue weighted by atomic mass is 9.86. The summed E-state index contributed by atoms with van der Waals surface area (Å²) in [6, 6.07) is 2.17. The lowest BCUT2D eigenvalue weighted by molar-refractivity contribution is 0.0695. The molecule has 3 atom stereocenters. The van der Waals surface area contributed by atoms with Gasteiger partial charge in [-0.25, -0.2) is 9.37 Å². The van der Waals surface area contributed by atoms with Crippen LogP contribution in [-0.4, -0.2) is 42.6 Å². The Morgan fingerprint density at radius 2 is 1.97 bits per heavy atom. The van der Waals surface area contributed by atoms with E-state index < -0.39 is 11.4 Å². The number of fused-ring (bicyclic) bond motifs is 3. The van der Waals surface area contributed by atoms with Crippen molar-refractivity contribution in [2.45, 2.75) is 70.1 Å². The zero-order valence-corrected chi connectivity index (χ0v) is 18.4. The van der Waals surface area contributed by atoms with E-state index in [1.807, 2.05) is 0 Å². The van der Waals surface area contributed by atoms with Gasteiger partial charge in [0.25, 0.3) is 0 Å². The largest absolute Gasteiger partial charge is 0.384 e. The zero-order valence-electron chi connectivity index (χ0n) is 18.4. The number of halogens is 1. The number of carbonyl (C=O) groups excluding carboxylic acids is 1. The van der Waals surface area contributed by atoms with Gasteiger partial charge in [-0.2, -0.15) is 9.61 Å². The van der Waals surface area contributed by atoms with Gasteiger partial charge in [-0.1, -0.05) is 0 Å². The fourth-order valence-electron chi connectivity index (χ4n) is 5.21. The number of nitrogens with zero attached hydrogens (tertiary/aromatic N) is 4. The number of ketones is 1. The molecular formula is C23H27FN6O2. The van der Waals surface area contributed by atoms with Crippen molar-refractivity contribution in [2.75, 3.05) is 5.73 Å². The summed E-state index contributed by atoms with van der Waals surface area (Å²) in [7, 11) is 0. The topological polar surface area (TPSA) is 118 Å². The lowest BCUT2D eigenvalue weighted by Crippen LogP contribution is -2.38. The first-order valence-corrected chi connectivity index (χ1v) is 11.0. The third kappa shape index (κ3) is 3.36. The molecule has 168 valence electrons. The number of Topliss-reactive ketones (excluding diaryl/α,β-unsaturated/α-hetero) is 1. The third-order valence-electron chi connectivity index (χ3n) is 6.65. The monoisotopic (exact) mass is 438 g/mol. The normalized spacial score (nSPS) is 23.1. The van der Waals surface area contributed by atoms with Crippen molar-refractivity contribution >= 4 is 17.2 Å². The summed E-state index contributed by atoms with van der Waals surface area (Å²) in [5.74, 6) is -0.388. The molecule has 0 amide bonds. The lowest BCUT2D eigenvalue weighted by Gasteiger charge is -2.30. The van der Waals surface area contributed by atoms with Gasteiger partial charge in [0.05, 0.1) is 17.5 Å². The van der Waals surface area contributed by atoms with Crippen LogP contribution < -0.4 is 11.1 Å². The Hall–Kier alpha value is -2.91. The molecule has 2 aliphatic rings. The Bertz CT molecular complexity index is 1220. The quantitative estimate of drug-likeness (QED) is 0.536. The molecule has 0 aliphatic carbocycles. The molecule has 5 heterocycles. The highest BCUT2D eigenvalue weighted by molar-refractivity contribution is 6.00. The first kappa shape index (κ1) is 21.0. The van der Waals surface area contributed by atoms with E-state index >= 15 is 0 Å². The number of hydrogen-bond acceptors (Lipinski definition) is 7. The first-order valence-electron chi connectivity index (χ1n) is 11.0. The number of nitrogens with two attached hydrogens (primary N) is 1. The van der Waals surface area contributed by atoms with Crippen LogP contribution in [0.5, 0.6) is 0 Å². The van der Waals surface area contributed by atoms with Gasteiger partial charge in [0.15, 0.2) is 11.4 Å². The summed E-state index contributed by atoms with van der Waals surface area (Å²) in [6.45, 7) is 4.46. The van der Waals surface area contributed by atoms with E-state index in [4.69, 9.17) is 10.7 Å². The van der Waals surface area contributed by atoms with Crippen molar-refractivity contribution < 1.29 is 14.3 Å². The molecule has 0 spiro atoms. The number of piperidine rings is 1. The van der Waals surface area contributed by atoms with Crippen LogP contribution in [0.25, 0.3) is 16.8 Å². The maximum Gasteiger partial charge on any atom is 0.165 e. The number of anilines is 1. The van der Waals surface area contributed by atoms with Crippen LogP contribution in [0, 0.1) is 5.82 Å². The minimum Gasteiger partial charge on any atom is -0.384 e. The van der Waals surface area contributed by atoms with Gasteiger partial charge in [0, 0.05) is 35.3 Å². The fourth-order valence-corrected chi connectivity index (χ4v) is 5.21. The molecule has 4 N–H and O–H groups in total. The molecule has 2 aliphatic heterocycles. The molecular weight excluding hydrogens is 411 g/mol. The molecule has 0 radical (unpaired) electrons. The average molecular weight is 439 g/mol. The summed E-state index contributed by atoms with van der Waals surface area (Å²) in [5, 5.41) is 18.1. The smallest absolute Gasteiger partial charge is 0.165 e. The fraction of sp³-hybridized carbons (Fsp3) is 0.478. The number of hydrogen-bond donors (Lipinski definition) is 3. The van der Waals surface area contributed by atoms with E-state index in [9.17, 15) is 14.3 Å². The minimum absolute atomic E-state index is 0.0325. The van der Waals surface area contributed by atoms with Gasteiger partial charge in [-0.3, -0.25) is 9.78 Å². The van der Waals surface area contributed by atoms with Gasteiger partial charge in [0.1, 0.15) is 22.9 Å². The summed E-state index contributed by atoms with van der Waals surface area (Å²) >= 11 is 0. The van der Waals surface area contributed by atoms with Crippen molar-refractivity contribution in [3.8, 4) is 11.1 Å². The molecule has 8 nitrogen and oxygen atoms in total. The highest BCUT2D eigenvalue weighted by Gasteiger charge is 2.37. The Labute approximate surface area is 185 Å². The number of carbonyl (C=O) groups is 1. The van der Waals surface area contributed by atoms with Crippen LogP contribution in [0.2, 0.25) is 0 Å². The Morgan fingerprint density at radius 1 is 1.28 bits per heavy atom. The van der Waals surface area contributed by atoms with Gasteiger partial charge < -0.3 is 16.2 Å². The van der Waals surface area contributed by atoms with Crippen molar-refractivity contribution in [3.05, 3.63) is 41.2 Å². The predicted octanol–water partition coefficient (Wildman–Crippen LogP) is 2.94. The molecule has 0 aromatic carbocycles.